The average molecular weight is 683 g/mol. The Kier molecular flexibility index (Phi) is 11.4. The number of halogens is 2. The largest absolute Gasteiger partial charge is 0.497 e. The van der Waals surface area contributed by atoms with Gasteiger partial charge in [-0.05, 0) is 77.9 Å². The summed E-state index contributed by atoms with van der Waals surface area (Å²) in [5.41, 5.74) is 2.87. The number of methoxy groups -OCH3 is 1. The van der Waals surface area contributed by atoms with Crippen molar-refractivity contribution in [2.45, 2.75) is 10.1 Å². The first kappa shape index (κ1) is 33.3. The van der Waals surface area contributed by atoms with Gasteiger partial charge in [0.05, 0.1) is 17.2 Å². The Labute approximate surface area is 287 Å². The number of anilines is 2. The molecule has 47 heavy (non-hydrogen) atoms. The molecule has 0 saturated carbocycles. The maximum absolute atomic E-state index is 13.6. The van der Waals surface area contributed by atoms with Gasteiger partial charge >= 0.3 is 0 Å². The van der Waals surface area contributed by atoms with E-state index in [2.05, 4.69) is 16.0 Å². The van der Waals surface area contributed by atoms with Crippen molar-refractivity contribution in [1.82, 2.24) is 5.32 Å². The smallest absolute Gasteiger partial charge is 0.272 e. The molecule has 5 rings (SSSR count). The molecule has 0 aliphatic rings. The molecule has 1 atom stereocenters. The molecule has 236 valence electrons. The zero-order valence-electron chi connectivity index (χ0n) is 25.1. The summed E-state index contributed by atoms with van der Waals surface area (Å²) >= 11 is 13.5. The molecule has 0 spiro atoms. The minimum atomic E-state index is -0.634. The molecule has 0 radical (unpaired) electrons. The van der Waals surface area contributed by atoms with Gasteiger partial charge in [-0.25, -0.2) is 0 Å². The van der Waals surface area contributed by atoms with Crippen LogP contribution in [0.5, 0.6) is 5.75 Å². The molecule has 0 heterocycles. The first-order valence-electron chi connectivity index (χ1n) is 14.4. The second kappa shape index (κ2) is 16.0. The highest BCUT2D eigenvalue weighted by Gasteiger charge is 2.23. The van der Waals surface area contributed by atoms with Gasteiger partial charge in [-0.1, -0.05) is 89.9 Å². The lowest BCUT2D eigenvalue weighted by molar-refractivity contribution is -0.116. The number of benzene rings is 5. The highest BCUT2D eigenvalue weighted by molar-refractivity contribution is 8.00. The molecule has 0 aromatic heterocycles. The lowest BCUT2D eigenvalue weighted by atomic mass is 10.1. The van der Waals surface area contributed by atoms with Crippen molar-refractivity contribution < 1.29 is 19.1 Å². The molecule has 0 aliphatic heterocycles. The predicted octanol–water partition coefficient (Wildman–Crippen LogP) is 8.88. The van der Waals surface area contributed by atoms with Crippen molar-refractivity contribution in [2.75, 3.05) is 17.7 Å². The van der Waals surface area contributed by atoms with E-state index in [9.17, 15) is 14.4 Å². The summed E-state index contributed by atoms with van der Waals surface area (Å²) in [6.07, 6.45) is 1.58. The van der Waals surface area contributed by atoms with E-state index in [-0.39, 0.29) is 11.6 Å². The van der Waals surface area contributed by atoms with E-state index in [4.69, 9.17) is 27.9 Å². The second-order valence-corrected chi connectivity index (χ2v) is 12.2. The van der Waals surface area contributed by atoms with Crippen molar-refractivity contribution >= 4 is 70.1 Å². The van der Waals surface area contributed by atoms with Crippen LogP contribution in [-0.4, -0.2) is 24.8 Å². The lowest BCUT2D eigenvalue weighted by Gasteiger charge is -2.18. The van der Waals surface area contributed by atoms with Crippen LogP contribution >= 0.6 is 35.0 Å². The first-order chi connectivity index (χ1) is 22.8. The topological polar surface area (TPSA) is 96.5 Å². The number of hydrogen-bond donors (Lipinski definition) is 3. The fraction of sp³-hybridized carbons (Fsp3) is 0.0541. The lowest BCUT2D eigenvalue weighted by Crippen LogP contribution is -2.30. The number of thioether (sulfide) groups is 1. The van der Waals surface area contributed by atoms with Crippen LogP contribution in [0.25, 0.3) is 6.08 Å². The zero-order chi connectivity index (χ0) is 33.2. The number of rotatable bonds is 11. The van der Waals surface area contributed by atoms with E-state index in [1.165, 1.54) is 11.8 Å². The summed E-state index contributed by atoms with van der Waals surface area (Å²) < 4.78 is 5.32. The minimum Gasteiger partial charge on any atom is -0.497 e. The van der Waals surface area contributed by atoms with Gasteiger partial charge < -0.3 is 20.7 Å². The molecule has 0 bridgehead atoms. The summed E-state index contributed by atoms with van der Waals surface area (Å²) in [5.74, 6) is -0.621. The third-order valence-corrected chi connectivity index (χ3v) is 8.79. The van der Waals surface area contributed by atoms with Gasteiger partial charge in [0.2, 0.25) is 5.91 Å². The molecule has 0 fully saturated rings. The predicted molar refractivity (Wildman–Crippen MR) is 190 cm³/mol. The van der Waals surface area contributed by atoms with Crippen LogP contribution in [0.3, 0.4) is 0 Å². The standard InChI is InChI=1S/C37H29Cl2N3O4S/c1-46-29-16-8-10-24(20-29)21-33(42-35(43)26-13-6-3-7-14-26)36(44)40-27-15-9-17-30(22-27)47-34(25-11-4-2-5-12-25)37(45)41-28-18-19-31(38)32(39)23-28/h2-23,34H,1H3,(H,40,44)(H,41,45)(H,42,43)/b33-21-. The molecule has 1 unspecified atom stereocenters. The molecule has 3 amide bonds. The summed E-state index contributed by atoms with van der Waals surface area (Å²) in [4.78, 5) is 41.0. The molecular formula is C37H29Cl2N3O4S. The summed E-state index contributed by atoms with van der Waals surface area (Å²) in [6, 6.07) is 37.2. The van der Waals surface area contributed by atoms with Gasteiger partial charge in [0.25, 0.3) is 11.8 Å². The summed E-state index contributed by atoms with van der Waals surface area (Å²) in [5, 5.41) is 8.64. The molecule has 5 aromatic carbocycles. The van der Waals surface area contributed by atoms with E-state index in [0.717, 1.165) is 10.5 Å². The third kappa shape index (κ3) is 9.26. The second-order valence-electron chi connectivity index (χ2n) is 10.2. The van der Waals surface area contributed by atoms with Crippen LogP contribution in [0, 0.1) is 0 Å². The minimum absolute atomic E-state index is 0.0355. The number of ether oxygens (including phenoxy) is 1. The van der Waals surface area contributed by atoms with E-state index in [1.54, 1.807) is 104 Å². The van der Waals surface area contributed by atoms with Gasteiger partial charge in [0.15, 0.2) is 0 Å². The maximum Gasteiger partial charge on any atom is 0.272 e. The Morgan fingerprint density at radius 3 is 2.15 bits per heavy atom. The van der Waals surface area contributed by atoms with Gasteiger partial charge in [0, 0.05) is 21.8 Å². The molecular weight excluding hydrogens is 653 g/mol. The molecule has 5 aromatic rings. The quantitative estimate of drug-likeness (QED) is 0.0956. The fourth-order valence-electron chi connectivity index (χ4n) is 4.50. The Hall–Kier alpha value is -5.02. The summed E-state index contributed by atoms with van der Waals surface area (Å²) in [6.45, 7) is 0. The number of hydrogen-bond acceptors (Lipinski definition) is 5. The van der Waals surface area contributed by atoms with Gasteiger partial charge in [0.1, 0.15) is 16.7 Å². The van der Waals surface area contributed by atoms with Crippen LogP contribution in [0.15, 0.2) is 138 Å². The van der Waals surface area contributed by atoms with Crippen LogP contribution in [-0.2, 0) is 9.59 Å². The third-order valence-electron chi connectivity index (χ3n) is 6.81. The number of nitrogens with one attached hydrogen (secondary N) is 3. The van der Waals surface area contributed by atoms with Crippen LogP contribution in [0.2, 0.25) is 10.0 Å². The van der Waals surface area contributed by atoms with Crippen LogP contribution < -0.4 is 20.7 Å². The zero-order valence-corrected chi connectivity index (χ0v) is 27.4. The number of amides is 3. The number of carbonyl (C=O) groups is 3. The SMILES string of the molecule is COc1cccc(/C=C(\NC(=O)c2ccccc2)C(=O)Nc2cccc(SC(C(=O)Nc3ccc(Cl)c(Cl)c3)c3ccccc3)c2)c1. The van der Waals surface area contributed by atoms with Crippen LogP contribution in [0.4, 0.5) is 11.4 Å². The number of carbonyl (C=O) groups excluding carboxylic acids is 3. The Morgan fingerprint density at radius 2 is 1.43 bits per heavy atom. The Bertz CT molecular complexity index is 1920. The fourth-order valence-corrected chi connectivity index (χ4v) is 5.89. The molecule has 7 nitrogen and oxygen atoms in total. The maximum atomic E-state index is 13.6. The van der Waals surface area contributed by atoms with E-state index in [1.807, 2.05) is 36.4 Å². The average Bonchev–Trinajstić information content (AvgIpc) is 3.09. The Balaban J connectivity index is 1.38. The van der Waals surface area contributed by atoms with Crippen molar-refractivity contribution in [3.8, 4) is 5.75 Å². The van der Waals surface area contributed by atoms with Gasteiger partial charge in [-0.3, -0.25) is 14.4 Å². The van der Waals surface area contributed by atoms with Gasteiger partial charge in [-0.15, -0.1) is 11.8 Å². The highest BCUT2D eigenvalue weighted by atomic mass is 35.5. The van der Waals surface area contributed by atoms with E-state index < -0.39 is 17.1 Å². The first-order valence-corrected chi connectivity index (χ1v) is 16.0. The molecule has 0 aliphatic carbocycles. The normalized spacial score (nSPS) is 11.7. The molecule has 3 N–H and O–H groups in total. The monoisotopic (exact) mass is 681 g/mol. The van der Waals surface area contributed by atoms with Crippen molar-refractivity contribution in [2.24, 2.45) is 0 Å². The molecule has 10 heteroatoms. The van der Waals surface area contributed by atoms with Crippen molar-refractivity contribution in [3.05, 3.63) is 160 Å². The van der Waals surface area contributed by atoms with E-state index in [0.29, 0.717) is 38.3 Å². The van der Waals surface area contributed by atoms with Crippen molar-refractivity contribution in [3.63, 3.8) is 0 Å². The van der Waals surface area contributed by atoms with Crippen molar-refractivity contribution in [1.29, 1.82) is 0 Å². The highest BCUT2D eigenvalue weighted by Crippen LogP contribution is 2.37. The van der Waals surface area contributed by atoms with Crippen LogP contribution in [0.1, 0.15) is 26.7 Å². The van der Waals surface area contributed by atoms with E-state index >= 15 is 0 Å². The summed E-state index contributed by atoms with van der Waals surface area (Å²) in [7, 11) is 1.55. The Morgan fingerprint density at radius 1 is 0.723 bits per heavy atom. The molecule has 0 saturated heterocycles. The van der Waals surface area contributed by atoms with Gasteiger partial charge in [-0.2, -0.15) is 0 Å².